The third-order valence-electron chi connectivity index (χ3n) is 8.51. The van der Waals surface area contributed by atoms with Crippen molar-refractivity contribution in [1.82, 2.24) is 5.32 Å². The second-order valence-corrected chi connectivity index (χ2v) is 11.7. The fourth-order valence-corrected chi connectivity index (χ4v) is 5.45. The molecule has 6 nitrogen and oxygen atoms in total. The second kappa shape index (κ2) is 11.6. The van der Waals surface area contributed by atoms with E-state index in [-0.39, 0.29) is 6.42 Å². The van der Waals surface area contributed by atoms with Crippen LogP contribution in [0.4, 0.5) is 0 Å². The number of carbonyl (C=O) groups is 2. The quantitative estimate of drug-likeness (QED) is 0.219. The average molecular weight is 561 g/mol. The van der Waals surface area contributed by atoms with Gasteiger partial charge in [0.2, 0.25) is 5.91 Å². The van der Waals surface area contributed by atoms with Crippen LogP contribution in [0.15, 0.2) is 115 Å². The van der Waals surface area contributed by atoms with Crippen LogP contribution in [0.2, 0.25) is 0 Å². The van der Waals surface area contributed by atoms with Crippen molar-refractivity contribution in [3.05, 3.63) is 138 Å². The van der Waals surface area contributed by atoms with Crippen LogP contribution < -0.4 is 10.8 Å². The summed E-state index contributed by atoms with van der Waals surface area (Å²) in [7, 11) is -0.512. The first-order valence-electron chi connectivity index (χ1n) is 14.2. The Labute approximate surface area is 247 Å². The highest BCUT2D eigenvalue weighted by atomic mass is 16.7. The van der Waals surface area contributed by atoms with Gasteiger partial charge in [-0.15, -0.1) is 0 Å². The van der Waals surface area contributed by atoms with Crippen molar-refractivity contribution in [2.45, 2.75) is 56.8 Å². The van der Waals surface area contributed by atoms with Crippen molar-refractivity contribution in [3.63, 3.8) is 0 Å². The summed E-state index contributed by atoms with van der Waals surface area (Å²) in [4.78, 5) is 27.1. The lowest BCUT2D eigenvalue weighted by Gasteiger charge is -2.35. The molecule has 1 fully saturated rings. The van der Waals surface area contributed by atoms with Crippen molar-refractivity contribution in [1.29, 1.82) is 0 Å². The molecule has 1 aliphatic rings. The predicted molar refractivity (Wildman–Crippen MR) is 165 cm³/mol. The molecule has 0 saturated carbocycles. The van der Waals surface area contributed by atoms with Crippen LogP contribution in [0.25, 0.3) is 0 Å². The number of hydrogen-bond acceptors (Lipinski definition) is 4. The highest BCUT2D eigenvalue weighted by Crippen LogP contribution is 2.40. The van der Waals surface area contributed by atoms with Gasteiger partial charge in [-0.25, -0.2) is 4.79 Å². The van der Waals surface area contributed by atoms with Crippen LogP contribution in [0, 0.1) is 0 Å². The molecule has 0 bridgehead atoms. The number of carboxylic acid groups (broad SMARTS) is 1. The van der Waals surface area contributed by atoms with E-state index in [2.05, 4.69) is 5.32 Å². The molecule has 1 aliphatic heterocycles. The first-order chi connectivity index (χ1) is 20.0. The fraction of sp³-hybridized carbons (Fsp3) is 0.257. The number of benzene rings is 4. The van der Waals surface area contributed by atoms with E-state index >= 15 is 0 Å². The minimum atomic E-state index is -1.27. The third-order valence-corrected chi connectivity index (χ3v) is 8.51. The molecule has 0 aliphatic carbocycles. The lowest BCUT2D eigenvalue weighted by atomic mass is 9.68. The van der Waals surface area contributed by atoms with Crippen molar-refractivity contribution in [2.24, 2.45) is 0 Å². The summed E-state index contributed by atoms with van der Waals surface area (Å²) in [5.41, 5.74) is 1.67. The molecule has 1 heterocycles. The van der Waals surface area contributed by atoms with E-state index in [1.54, 1.807) is 0 Å². The number of aliphatic carboxylic acids is 1. The summed E-state index contributed by atoms with van der Waals surface area (Å²) in [6, 6.07) is 34.8. The van der Waals surface area contributed by atoms with E-state index in [0.717, 1.165) is 27.7 Å². The van der Waals surface area contributed by atoms with Crippen LogP contribution in [-0.2, 0) is 30.7 Å². The fourth-order valence-electron chi connectivity index (χ4n) is 5.45. The van der Waals surface area contributed by atoms with E-state index in [1.165, 1.54) is 0 Å². The number of nitrogens with one attached hydrogen (secondary N) is 1. The second-order valence-electron chi connectivity index (χ2n) is 11.7. The Balaban J connectivity index is 1.46. The molecule has 1 saturated heterocycles. The lowest BCUT2D eigenvalue weighted by Crippen LogP contribution is -2.52. The van der Waals surface area contributed by atoms with Gasteiger partial charge >= 0.3 is 13.1 Å². The van der Waals surface area contributed by atoms with E-state index < -0.39 is 41.7 Å². The summed E-state index contributed by atoms with van der Waals surface area (Å²) in [5, 5.41) is 13.2. The van der Waals surface area contributed by atoms with Gasteiger partial charge in [0.25, 0.3) is 0 Å². The first kappa shape index (κ1) is 29.3. The minimum absolute atomic E-state index is 0.110. The smallest absolute Gasteiger partial charge is 0.480 e. The van der Waals surface area contributed by atoms with Gasteiger partial charge in [-0.3, -0.25) is 4.79 Å². The molecular weight excluding hydrogens is 525 g/mol. The van der Waals surface area contributed by atoms with Gasteiger partial charge in [0.1, 0.15) is 11.5 Å². The Morgan fingerprint density at radius 2 is 1.12 bits per heavy atom. The third kappa shape index (κ3) is 5.50. The van der Waals surface area contributed by atoms with Gasteiger partial charge in [0.15, 0.2) is 0 Å². The Bertz CT molecular complexity index is 1410. The molecule has 1 amide bonds. The molecule has 2 N–H and O–H groups in total. The van der Waals surface area contributed by atoms with E-state index in [1.807, 2.05) is 143 Å². The monoisotopic (exact) mass is 561 g/mol. The van der Waals surface area contributed by atoms with E-state index in [4.69, 9.17) is 9.31 Å². The lowest BCUT2D eigenvalue weighted by molar-refractivity contribution is -0.142. The number of amides is 1. The number of rotatable bonds is 9. The van der Waals surface area contributed by atoms with Crippen molar-refractivity contribution in [2.75, 3.05) is 0 Å². The Morgan fingerprint density at radius 1 is 0.714 bits per heavy atom. The Kier molecular flexibility index (Phi) is 8.09. The summed E-state index contributed by atoms with van der Waals surface area (Å²) >= 11 is 0. The molecule has 42 heavy (non-hydrogen) atoms. The maximum Gasteiger partial charge on any atom is 0.494 e. The predicted octanol–water partition coefficient (Wildman–Crippen LogP) is 5.13. The Hall–Kier alpha value is -4.20. The van der Waals surface area contributed by atoms with Gasteiger partial charge in [0.05, 0.1) is 11.2 Å². The zero-order chi connectivity index (χ0) is 30.0. The normalized spacial score (nSPS) is 16.5. The van der Waals surface area contributed by atoms with Gasteiger partial charge in [-0.05, 0) is 55.4 Å². The summed E-state index contributed by atoms with van der Waals surface area (Å²) in [6.45, 7) is 8.01. The summed E-state index contributed by atoms with van der Waals surface area (Å²) in [5.74, 6) is -1.52. The van der Waals surface area contributed by atoms with Crippen LogP contribution in [0.1, 0.15) is 49.9 Å². The average Bonchev–Trinajstić information content (AvgIpc) is 3.21. The minimum Gasteiger partial charge on any atom is -0.480 e. The molecule has 0 unspecified atom stereocenters. The molecule has 0 radical (unpaired) electrons. The maximum absolute atomic E-state index is 14.5. The summed E-state index contributed by atoms with van der Waals surface area (Å²) < 4.78 is 12.3. The van der Waals surface area contributed by atoms with Crippen molar-refractivity contribution >= 4 is 24.5 Å². The Morgan fingerprint density at radius 3 is 1.50 bits per heavy atom. The van der Waals surface area contributed by atoms with E-state index in [0.29, 0.717) is 0 Å². The molecule has 214 valence electrons. The van der Waals surface area contributed by atoms with Gasteiger partial charge in [-0.2, -0.15) is 0 Å². The number of carboxylic acids is 1. The zero-order valence-corrected chi connectivity index (χ0v) is 24.4. The van der Waals surface area contributed by atoms with Gasteiger partial charge in [0, 0.05) is 6.42 Å². The highest BCUT2D eigenvalue weighted by molar-refractivity contribution is 6.62. The standard InChI is InChI=1S/C35H36BNO5/c1-33(2)34(3,4)42-36(41-33)29-22-20-25(21-23-29)24-30(31(38)39)37-32(40)35(26-14-8-5-9-15-26,27-16-10-6-11-17-27)28-18-12-7-13-19-28/h5-23,30H,24H2,1-4H3,(H,37,40)(H,38,39)/t30-/m1/s1. The zero-order valence-electron chi connectivity index (χ0n) is 24.4. The molecule has 0 spiro atoms. The molecule has 0 aromatic heterocycles. The maximum atomic E-state index is 14.5. The van der Waals surface area contributed by atoms with Crippen LogP contribution in [-0.4, -0.2) is 41.3 Å². The van der Waals surface area contributed by atoms with Crippen molar-refractivity contribution < 1.29 is 24.0 Å². The topological polar surface area (TPSA) is 84.9 Å². The molecule has 4 aromatic carbocycles. The largest absolute Gasteiger partial charge is 0.494 e. The highest BCUT2D eigenvalue weighted by Gasteiger charge is 2.51. The SMILES string of the molecule is CC1(C)OB(c2ccc(C[C@@H](NC(=O)C(c3ccccc3)(c3ccccc3)c3ccccc3)C(=O)O)cc2)OC1(C)C. The molecule has 5 rings (SSSR count). The van der Waals surface area contributed by atoms with E-state index in [9.17, 15) is 14.7 Å². The van der Waals surface area contributed by atoms with Crippen LogP contribution >= 0.6 is 0 Å². The van der Waals surface area contributed by atoms with Gasteiger partial charge in [-0.1, -0.05) is 115 Å². The van der Waals surface area contributed by atoms with Crippen LogP contribution in [0.3, 0.4) is 0 Å². The van der Waals surface area contributed by atoms with Gasteiger partial charge < -0.3 is 19.7 Å². The molecule has 4 aromatic rings. The number of carbonyl (C=O) groups excluding carboxylic acids is 1. The first-order valence-corrected chi connectivity index (χ1v) is 14.2. The molecule has 7 heteroatoms. The molecule has 1 atom stereocenters. The van der Waals surface area contributed by atoms with Crippen LogP contribution in [0.5, 0.6) is 0 Å². The van der Waals surface area contributed by atoms with Crippen molar-refractivity contribution in [3.8, 4) is 0 Å². The number of hydrogen-bond donors (Lipinski definition) is 2. The summed E-state index contributed by atoms with van der Waals surface area (Å²) in [6.07, 6.45) is 0.110. The molecular formula is C35H36BNO5.